The smallest absolute Gasteiger partial charge is 0.422 e. The molecular formula is C12H15F3N4O3S. The summed E-state index contributed by atoms with van der Waals surface area (Å²) in [5, 5.41) is 11.3. The molecule has 23 heavy (non-hydrogen) atoms. The van der Waals surface area contributed by atoms with E-state index in [4.69, 9.17) is 0 Å². The van der Waals surface area contributed by atoms with Crippen LogP contribution in [0.3, 0.4) is 0 Å². The number of hydrogen-bond acceptors (Lipinski definition) is 6. The molecule has 1 N–H and O–H groups in total. The van der Waals surface area contributed by atoms with Gasteiger partial charge in [0.2, 0.25) is 11.0 Å². The first-order valence-electron chi connectivity index (χ1n) is 6.84. The fourth-order valence-corrected chi connectivity index (χ4v) is 2.71. The van der Waals surface area contributed by atoms with Crippen molar-refractivity contribution in [3.05, 3.63) is 5.01 Å². The molecule has 2 heterocycles. The number of aryl methyl sites for hydroxylation is 1. The number of rotatable bonds is 3. The summed E-state index contributed by atoms with van der Waals surface area (Å²) in [7, 11) is 0. The number of alkyl halides is 3. The Morgan fingerprint density at radius 1 is 1.35 bits per heavy atom. The van der Waals surface area contributed by atoms with Gasteiger partial charge in [0.05, 0.1) is 0 Å². The third kappa shape index (κ3) is 5.34. The molecule has 0 saturated carbocycles. The van der Waals surface area contributed by atoms with Crippen molar-refractivity contribution in [3.8, 4) is 0 Å². The van der Waals surface area contributed by atoms with Crippen molar-refractivity contribution in [1.82, 2.24) is 15.1 Å². The van der Waals surface area contributed by atoms with Crippen LogP contribution in [0.2, 0.25) is 0 Å². The topological polar surface area (TPSA) is 84.4 Å². The van der Waals surface area contributed by atoms with Crippen LogP contribution in [0.1, 0.15) is 17.8 Å². The molecule has 128 valence electrons. The minimum atomic E-state index is -4.55. The standard InChI is InChI=1S/C12H15F3N4O3S/c1-7-17-18-10(23-7)16-9(20)8-2-4-19(5-3-8)11(21)22-6-12(13,14)15/h8H,2-6H2,1H3,(H,16,18,20). The number of carbonyl (C=O) groups excluding carboxylic acids is 2. The Morgan fingerprint density at radius 2 is 2.00 bits per heavy atom. The van der Waals surface area contributed by atoms with E-state index in [1.807, 2.05) is 0 Å². The molecule has 0 unspecified atom stereocenters. The molecule has 7 nitrogen and oxygen atoms in total. The molecule has 1 aromatic heterocycles. The Bertz CT molecular complexity index is 570. The maximum Gasteiger partial charge on any atom is 0.422 e. The summed E-state index contributed by atoms with van der Waals surface area (Å²) < 4.78 is 40.2. The second-order valence-electron chi connectivity index (χ2n) is 5.05. The van der Waals surface area contributed by atoms with Crippen LogP contribution in [0.4, 0.5) is 23.1 Å². The summed E-state index contributed by atoms with van der Waals surface area (Å²) in [5.74, 6) is -0.560. The molecule has 0 bridgehead atoms. The number of ether oxygens (including phenoxy) is 1. The molecule has 1 aliphatic rings. The molecule has 1 fully saturated rings. The SMILES string of the molecule is Cc1nnc(NC(=O)C2CCN(C(=O)OCC(F)(F)F)CC2)s1. The quantitative estimate of drug-likeness (QED) is 0.901. The molecule has 2 amide bonds. The molecule has 2 rings (SSSR count). The van der Waals surface area contributed by atoms with Crippen LogP contribution in [0.15, 0.2) is 0 Å². The molecule has 0 aliphatic carbocycles. The Morgan fingerprint density at radius 3 is 2.52 bits per heavy atom. The third-order valence-corrected chi connectivity index (χ3v) is 3.99. The summed E-state index contributed by atoms with van der Waals surface area (Å²) in [6.45, 7) is 0.495. The number of aromatic nitrogens is 2. The van der Waals surface area contributed by atoms with Gasteiger partial charge >= 0.3 is 12.3 Å². The fourth-order valence-electron chi connectivity index (χ4n) is 2.11. The Kier molecular flexibility index (Phi) is 5.39. The molecule has 0 spiro atoms. The number of likely N-dealkylation sites (tertiary alicyclic amines) is 1. The number of nitrogens with one attached hydrogen (secondary N) is 1. The van der Waals surface area contributed by atoms with Gasteiger partial charge in [-0.25, -0.2) is 4.79 Å². The normalized spacial score (nSPS) is 16.3. The predicted molar refractivity (Wildman–Crippen MR) is 75.0 cm³/mol. The largest absolute Gasteiger partial charge is 0.440 e. The predicted octanol–water partition coefficient (Wildman–Crippen LogP) is 2.20. The first-order chi connectivity index (χ1) is 10.7. The second-order valence-corrected chi connectivity index (χ2v) is 6.23. The summed E-state index contributed by atoms with van der Waals surface area (Å²) in [4.78, 5) is 24.7. The van der Waals surface area contributed by atoms with Crippen molar-refractivity contribution in [2.75, 3.05) is 25.0 Å². The highest BCUT2D eigenvalue weighted by Crippen LogP contribution is 2.22. The van der Waals surface area contributed by atoms with Gasteiger partial charge in [0, 0.05) is 19.0 Å². The molecule has 0 aromatic carbocycles. The van der Waals surface area contributed by atoms with E-state index in [1.165, 1.54) is 16.2 Å². The average Bonchev–Trinajstić information content (AvgIpc) is 2.89. The minimum Gasteiger partial charge on any atom is -0.440 e. The van der Waals surface area contributed by atoms with Gasteiger partial charge in [-0.3, -0.25) is 4.79 Å². The van der Waals surface area contributed by atoms with Gasteiger partial charge < -0.3 is 15.0 Å². The van der Waals surface area contributed by atoms with Crippen LogP contribution in [0.5, 0.6) is 0 Å². The van der Waals surface area contributed by atoms with Crippen LogP contribution in [-0.4, -0.2) is 53.0 Å². The minimum absolute atomic E-state index is 0.171. The lowest BCUT2D eigenvalue weighted by Gasteiger charge is -2.30. The molecule has 0 atom stereocenters. The number of carbonyl (C=O) groups is 2. The number of anilines is 1. The lowest BCUT2D eigenvalue weighted by molar-refractivity contribution is -0.162. The maximum atomic E-state index is 12.1. The number of amides is 2. The first-order valence-corrected chi connectivity index (χ1v) is 7.65. The van der Waals surface area contributed by atoms with Crippen molar-refractivity contribution in [3.63, 3.8) is 0 Å². The second kappa shape index (κ2) is 7.11. The zero-order valence-corrected chi connectivity index (χ0v) is 13.0. The van der Waals surface area contributed by atoms with Crippen molar-refractivity contribution < 1.29 is 27.5 Å². The molecule has 11 heteroatoms. The average molecular weight is 352 g/mol. The maximum absolute atomic E-state index is 12.1. The van der Waals surface area contributed by atoms with Crippen LogP contribution in [0, 0.1) is 12.8 Å². The summed E-state index contributed by atoms with van der Waals surface area (Å²) >= 11 is 1.25. The van der Waals surface area contributed by atoms with Gasteiger partial charge in [-0.2, -0.15) is 13.2 Å². The molecule has 0 radical (unpaired) electrons. The lowest BCUT2D eigenvalue weighted by Crippen LogP contribution is -2.42. The van der Waals surface area contributed by atoms with Crippen molar-refractivity contribution in [2.24, 2.45) is 5.92 Å². The Hall–Kier alpha value is -1.91. The number of hydrogen-bond donors (Lipinski definition) is 1. The molecule has 1 saturated heterocycles. The highest BCUT2D eigenvalue weighted by atomic mass is 32.1. The van der Waals surface area contributed by atoms with E-state index in [-0.39, 0.29) is 24.9 Å². The summed E-state index contributed by atoms with van der Waals surface area (Å²) in [5.41, 5.74) is 0. The van der Waals surface area contributed by atoms with Gasteiger partial charge in [-0.05, 0) is 19.8 Å². The molecule has 1 aromatic rings. The highest BCUT2D eigenvalue weighted by Gasteiger charge is 2.33. The van der Waals surface area contributed by atoms with E-state index in [1.54, 1.807) is 6.92 Å². The van der Waals surface area contributed by atoms with E-state index < -0.39 is 18.9 Å². The summed E-state index contributed by atoms with van der Waals surface area (Å²) in [6, 6.07) is 0. The van der Waals surface area contributed by atoms with Gasteiger partial charge in [-0.15, -0.1) is 10.2 Å². The fraction of sp³-hybridized carbons (Fsp3) is 0.667. The molecule has 1 aliphatic heterocycles. The van der Waals surface area contributed by atoms with E-state index >= 15 is 0 Å². The van der Waals surface area contributed by atoms with Crippen LogP contribution < -0.4 is 5.32 Å². The zero-order valence-electron chi connectivity index (χ0n) is 12.2. The Labute approximate surface area is 133 Å². The number of nitrogens with zero attached hydrogens (tertiary/aromatic N) is 3. The summed E-state index contributed by atoms with van der Waals surface area (Å²) in [6.07, 6.45) is -4.86. The van der Waals surface area contributed by atoms with Crippen molar-refractivity contribution in [1.29, 1.82) is 0 Å². The lowest BCUT2D eigenvalue weighted by atomic mass is 9.96. The van der Waals surface area contributed by atoms with Gasteiger partial charge in [0.15, 0.2) is 6.61 Å². The van der Waals surface area contributed by atoms with Crippen LogP contribution in [0.25, 0.3) is 0 Å². The first kappa shape index (κ1) is 17.4. The van der Waals surface area contributed by atoms with Gasteiger partial charge in [0.25, 0.3) is 0 Å². The third-order valence-electron chi connectivity index (χ3n) is 3.24. The van der Waals surface area contributed by atoms with E-state index in [0.717, 1.165) is 5.01 Å². The molecular weight excluding hydrogens is 337 g/mol. The van der Waals surface area contributed by atoms with E-state index in [9.17, 15) is 22.8 Å². The van der Waals surface area contributed by atoms with E-state index in [0.29, 0.717) is 18.0 Å². The monoisotopic (exact) mass is 352 g/mol. The number of halogens is 3. The van der Waals surface area contributed by atoms with Crippen molar-refractivity contribution >= 4 is 28.5 Å². The van der Waals surface area contributed by atoms with Gasteiger partial charge in [0.1, 0.15) is 5.01 Å². The van der Waals surface area contributed by atoms with Crippen molar-refractivity contribution in [2.45, 2.75) is 25.9 Å². The van der Waals surface area contributed by atoms with Gasteiger partial charge in [-0.1, -0.05) is 11.3 Å². The Balaban J connectivity index is 1.77. The zero-order chi connectivity index (χ0) is 17.0. The van der Waals surface area contributed by atoms with Crippen LogP contribution in [-0.2, 0) is 9.53 Å². The highest BCUT2D eigenvalue weighted by molar-refractivity contribution is 7.15. The number of piperidine rings is 1. The van der Waals surface area contributed by atoms with Crippen LogP contribution >= 0.6 is 11.3 Å². The van der Waals surface area contributed by atoms with E-state index in [2.05, 4.69) is 20.3 Å².